The number of terminal acetylenes is 1. The van der Waals surface area contributed by atoms with Gasteiger partial charge < -0.3 is 35.7 Å². The van der Waals surface area contributed by atoms with Crippen molar-refractivity contribution in [2.24, 2.45) is 5.73 Å². The molecular weight excluding hydrogens is 354 g/mol. The Morgan fingerprint density at radius 2 is 2.30 bits per heavy atom. The lowest BCUT2D eigenvalue weighted by molar-refractivity contribution is -0.165. The van der Waals surface area contributed by atoms with Gasteiger partial charge in [0.1, 0.15) is 35.5 Å². The van der Waals surface area contributed by atoms with Gasteiger partial charge in [0.25, 0.3) is 0 Å². The molecule has 6 N–H and O–H groups in total. The van der Waals surface area contributed by atoms with Crippen molar-refractivity contribution in [3.8, 4) is 12.3 Å². The van der Waals surface area contributed by atoms with Crippen molar-refractivity contribution in [1.82, 2.24) is 14.5 Å². The molecule has 1 aliphatic rings. The first kappa shape index (κ1) is 19.1. The summed E-state index contributed by atoms with van der Waals surface area (Å²) >= 11 is 0. The Balaban J connectivity index is 2.08. The van der Waals surface area contributed by atoms with Crippen molar-refractivity contribution in [3.63, 3.8) is 0 Å². The molecule has 4 unspecified atom stereocenters. The number of esters is 1. The summed E-state index contributed by atoms with van der Waals surface area (Å²) < 4.78 is 12.6. The first-order chi connectivity index (χ1) is 12.7. The third-order valence-corrected chi connectivity index (χ3v) is 4.56. The molecule has 3 heterocycles. The zero-order chi connectivity index (χ0) is 19.9. The third kappa shape index (κ3) is 3.00. The highest BCUT2D eigenvalue weighted by atomic mass is 16.6. The van der Waals surface area contributed by atoms with E-state index in [-0.39, 0.29) is 5.82 Å². The van der Waals surface area contributed by atoms with Crippen molar-refractivity contribution in [2.45, 2.75) is 43.9 Å². The minimum atomic E-state index is -1.71. The maximum Gasteiger partial charge on any atom is 0.323 e. The molecule has 0 radical (unpaired) electrons. The van der Waals surface area contributed by atoms with Crippen molar-refractivity contribution in [3.05, 3.63) is 18.1 Å². The number of nitrogens with zero attached hydrogens (tertiary/aromatic N) is 3. The van der Waals surface area contributed by atoms with Gasteiger partial charge in [-0.1, -0.05) is 5.92 Å². The third-order valence-electron chi connectivity index (χ3n) is 4.56. The largest absolute Gasteiger partial charge is 0.455 e. The van der Waals surface area contributed by atoms with Crippen LogP contribution < -0.4 is 11.5 Å². The minimum Gasteiger partial charge on any atom is -0.455 e. The number of carbonyl (C=O) groups is 1. The number of rotatable bonds is 4. The van der Waals surface area contributed by atoms with Gasteiger partial charge in [0, 0.05) is 6.20 Å². The SMILES string of the molecule is C#Cc1cn(C2OC(CO)C(OC(=O)C(C)N)[C@@]2(C)O)c2ncnc(N)c12. The second kappa shape index (κ2) is 6.79. The second-order valence-electron chi connectivity index (χ2n) is 6.63. The summed E-state index contributed by atoms with van der Waals surface area (Å²) in [6, 6.07) is -0.896. The van der Waals surface area contributed by atoms with Crippen LogP contribution in [0.5, 0.6) is 0 Å². The van der Waals surface area contributed by atoms with E-state index >= 15 is 0 Å². The summed E-state index contributed by atoms with van der Waals surface area (Å²) in [5.74, 6) is 1.95. The molecule has 0 aliphatic carbocycles. The number of fused-ring (bicyclic) bond motifs is 1. The molecule has 2 aromatic rings. The maximum atomic E-state index is 11.9. The van der Waals surface area contributed by atoms with Gasteiger partial charge in [-0.05, 0) is 13.8 Å². The van der Waals surface area contributed by atoms with Crippen molar-refractivity contribution >= 4 is 22.8 Å². The van der Waals surface area contributed by atoms with Crippen molar-refractivity contribution in [2.75, 3.05) is 12.3 Å². The molecular formula is C17H21N5O5. The highest BCUT2D eigenvalue weighted by Gasteiger charge is 2.56. The number of anilines is 1. The van der Waals surface area contributed by atoms with Crippen LogP contribution in [0.4, 0.5) is 5.82 Å². The lowest BCUT2D eigenvalue weighted by Gasteiger charge is -2.30. The molecule has 0 amide bonds. The van der Waals surface area contributed by atoms with Gasteiger partial charge in [0.15, 0.2) is 12.3 Å². The molecule has 27 heavy (non-hydrogen) atoms. The number of aromatic nitrogens is 3. The van der Waals surface area contributed by atoms with Crippen molar-refractivity contribution in [1.29, 1.82) is 0 Å². The highest BCUT2D eigenvalue weighted by Crippen LogP contribution is 2.42. The van der Waals surface area contributed by atoms with E-state index in [1.807, 2.05) is 0 Å². The number of aliphatic hydroxyl groups excluding tert-OH is 1. The van der Waals surface area contributed by atoms with Gasteiger partial charge in [-0.2, -0.15) is 0 Å². The predicted octanol–water partition coefficient (Wildman–Crippen LogP) is -1.11. The normalized spacial score (nSPS) is 28.8. The fourth-order valence-electron chi connectivity index (χ4n) is 3.20. The van der Waals surface area contributed by atoms with Gasteiger partial charge in [0.05, 0.1) is 17.6 Å². The Bertz CT molecular complexity index is 916. The summed E-state index contributed by atoms with van der Waals surface area (Å²) in [5, 5.41) is 21.2. The van der Waals surface area contributed by atoms with E-state index in [0.29, 0.717) is 16.6 Å². The molecule has 10 nitrogen and oxygen atoms in total. The van der Waals surface area contributed by atoms with Gasteiger partial charge in [-0.15, -0.1) is 6.42 Å². The molecule has 144 valence electrons. The quantitative estimate of drug-likeness (QED) is 0.384. The maximum absolute atomic E-state index is 11.9. The van der Waals surface area contributed by atoms with Crippen LogP contribution in [-0.4, -0.2) is 61.2 Å². The number of hydrogen-bond acceptors (Lipinski definition) is 9. The van der Waals surface area contributed by atoms with Gasteiger partial charge in [-0.3, -0.25) is 4.79 Å². The van der Waals surface area contributed by atoms with Crippen LogP contribution >= 0.6 is 0 Å². The van der Waals surface area contributed by atoms with Crippen LogP contribution in [0, 0.1) is 12.3 Å². The Kier molecular flexibility index (Phi) is 4.79. The second-order valence-corrected chi connectivity index (χ2v) is 6.63. The molecule has 1 fully saturated rings. The zero-order valence-corrected chi connectivity index (χ0v) is 14.9. The van der Waals surface area contributed by atoms with Crippen LogP contribution in [0.2, 0.25) is 0 Å². The molecule has 0 spiro atoms. The fraction of sp³-hybridized carbons (Fsp3) is 0.471. The average molecular weight is 375 g/mol. The Morgan fingerprint density at radius 3 is 2.89 bits per heavy atom. The van der Waals surface area contributed by atoms with E-state index in [2.05, 4.69) is 15.9 Å². The van der Waals surface area contributed by atoms with E-state index in [9.17, 15) is 15.0 Å². The summed E-state index contributed by atoms with van der Waals surface area (Å²) in [6.07, 6.45) is 5.16. The zero-order valence-electron chi connectivity index (χ0n) is 14.9. The molecule has 1 saturated heterocycles. The van der Waals surface area contributed by atoms with Gasteiger partial charge in [-0.25, -0.2) is 9.97 Å². The summed E-state index contributed by atoms with van der Waals surface area (Å²) in [5.41, 5.74) is 10.5. The fourth-order valence-corrected chi connectivity index (χ4v) is 3.20. The first-order valence-electron chi connectivity index (χ1n) is 8.24. The molecule has 0 aromatic carbocycles. The number of hydrogen-bond donors (Lipinski definition) is 4. The first-order valence-corrected chi connectivity index (χ1v) is 8.24. The summed E-state index contributed by atoms with van der Waals surface area (Å²) in [7, 11) is 0. The molecule has 3 rings (SSSR count). The number of ether oxygens (including phenoxy) is 2. The predicted molar refractivity (Wildman–Crippen MR) is 95.0 cm³/mol. The molecule has 5 atom stereocenters. The van der Waals surface area contributed by atoms with Gasteiger partial charge in [0.2, 0.25) is 0 Å². The summed E-state index contributed by atoms with van der Waals surface area (Å²) in [6.45, 7) is 2.40. The van der Waals surface area contributed by atoms with E-state index in [1.54, 1.807) is 6.20 Å². The molecule has 0 saturated carbocycles. The number of nitrogen functional groups attached to an aromatic ring is 1. The van der Waals surface area contributed by atoms with E-state index in [1.165, 1.54) is 24.7 Å². The topological polar surface area (TPSA) is 159 Å². The van der Waals surface area contributed by atoms with Crippen LogP contribution in [0.1, 0.15) is 25.6 Å². The smallest absolute Gasteiger partial charge is 0.323 e. The number of nitrogens with two attached hydrogens (primary N) is 2. The Morgan fingerprint density at radius 1 is 1.59 bits per heavy atom. The van der Waals surface area contributed by atoms with Crippen LogP contribution in [0.25, 0.3) is 11.0 Å². The van der Waals surface area contributed by atoms with Crippen molar-refractivity contribution < 1.29 is 24.5 Å². The molecule has 2 aromatic heterocycles. The lowest BCUT2D eigenvalue weighted by Crippen LogP contribution is -2.48. The Hall–Kier alpha value is -2.71. The van der Waals surface area contributed by atoms with Gasteiger partial charge >= 0.3 is 5.97 Å². The molecule has 1 aliphatic heterocycles. The van der Waals surface area contributed by atoms with E-state index < -0.39 is 42.7 Å². The van der Waals surface area contributed by atoms with E-state index in [4.69, 9.17) is 27.4 Å². The molecule has 0 bridgehead atoms. The van der Waals surface area contributed by atoms with Crippen LogP contribution in [-0.2, 0) is 14.3 Å². The standard InChI is InChI=1S/C17H21N5O5/c1-4-9-5-22(14-11(9)13(19)20-7-21-14)16-17(3,25)12(10(6-23)26-16)27-15(24)8(2)18/h1,5,7-8,10,12,16,23,25H,6,18H2,2-3H3,(H2,19,20,21)/t8?,10?,12?,16?,17-/m1/s1. The average Bonchev–Trinajstić information content (AvgIpc) is 3.11. The highest BCUT2D eigenvalue weighted by molar-refractivity contribution is 5.92. The van der Waals surface area contributed by atoms with Crippen LogP contribution in [0.15, 0.2) is 12.5 Å². The summed E-state index contributed by atoms with van der Waals surface area (Å²) in [4.78, 5) is 20.0. The Labute approximate surface area is 155 Å². The minimum absolute atomic E-state index is 0.183. The number of carbonyl (C=O) groups excluding carboxylic acids is 1. The van der Waals surface area contributed by atoms with E-state index in [0.717, 1.165) is 0 Å². The number of aliphatic hydroxyl groups is 2. The van der Waals surface area contributed by atoms with Crippen LogP contribution in [0.3, 0.4) is 0 Å². The monoisotopic (exact) mass is 375 g/mol. The molecule has 10 heteroatoms. The lowest BCUT2D eigenvalue weighted by atomic mass is 9.96.